The molecule has 1 N–H and O–H groups in total. The molecule has 0 spiro atoms. The van der Waals surface area contributed by atoms with Crippen LogP contribution in [-0.4, -0.2) is 37.9 Å². The maximum absolute atomic E-state index is 12.8. The highest BCUT2D eigenvalue weighted by Crippen LogP contribution is 2.21. The minimum absolute atomic E-state index is 0.109. The predicted octanol–water partition coefficient (Wildman–Crippen LogP) is 3.86. The van der Waals surface area contributed by atoms with Crippen LogP contribution < -0.4 is 5.43 Å². The highest BCUT2D eigenvalue weighted by molar-refractivity contribution is 7.89. The van der Waals surface area contributed by atoms with Gasteiger partial charge in [0.2, 0.25) is 10.0 Å². The van der Waals surface area contributed by atoms with E-state index in [1.54, 1.807) is 18.2 Å². The SMILES string of the molecule is O=C(NN=C/C(Cl)=C\c1ccccc1)c1cccc(S(=O)(=O)N2CCCCC2)c1. The van der Waals surface area contributed by atoms with E-state index in [0.717, 1.165) is 24.8 Å². The maximum atomic E-state index is 12.8. The molecule has 152 valence electrons. The number of benzene rings is 2. The average Bonchev–Trinajstić information content (AvgIpc) is 2.75. The minimum atomic E-state index is -3.60. The van der Waals surface area contributed by atoms with Crippen LogP contribution in [0.5, 0.6) is 0 Å². The summed E-state index contributed by atoms with van der Waals surface area (Å²) >= 11 is 6.09. The molecule has 1 aliphatic rings. The van der Waals surface area contributed by atoms with E-state index < -0.39 is 15.9 Å². The molecule has 0 aromatic heterocycles. The lowest BCUT2D eigenvalue weighted by molar-refractivity contribution is 0.0955. The van der Waals surface area contributed by atoms with E-state index in [9.17, 15) is 13.2 Å². The molecule has 1 heterocycles. The summed E-state index contributed by atoms with van der Waals surface area (Å²) in [6, 6.07) is 15.4. The number of rotatable bonds is 6. The molecule has 0 radical (unpaired) electrons. The van der Waals surface area contributed by atoms with E-state index in [4.69, 9.17) is 11.6 Å². The number of carbonyl (C=O) groups is 1. The van der Waals surface area contributed by atoms with Crippen molar-refractivity contribution in [3.63, 3.8) is 0 Å². The van der Waals surface area contributed by atoms with Crippen LogP contribution in [-0.2, 0) is 10.0 Å². The van der Waals surface area contributed by atoms with Gasteiger partial charge in [-0.15, -0.1) is 0 Å². The first-order chi connectivity index (χ1) is 14.0. The quantitative estimate of drug-likeness (QED) is 0.557. The fourth-order valence-corrected chi connectivity index (χ4v) is 4.75. The molecule has 2 aromatic carbocycles. The second kappa shape index (κ2) is 9.82. The predicted molar refractivity (Wildman–Crippen MR) is 115 cm³/mol. The smallest absolute Gasteiger partial charge is 0.267 e. The number of allylic oxidation sites excluding steroid dienone is 1. The molecule has 0 atom stereocenters. The van der Waals surface area contributed by atoms with Crippen molar-refractivity contribution in [2.24, 2.45) is 5.10 Å². The number of piperidine rings is 1. The van der Waals surface area contributed by atoms with Gasteiger partial charge in [0.1, 0.15) is 0 Å². The van der Waals surface area contributed by atoms with Crippen LogP contribution >= 0.6 is 11.6 Å². The van der Waals surface area contributed by atoms with Gasteiger partial charge in [0.25, 0.3) is 5.91 Å². The largest absolute Gasteiger partial charge is 0.271 e. The third-order valence-electron chi connectivity index (χ3n) is 4.51. The standard InChI is InChI=1S/C21H22ClN3O3S/c22-19(14-17-8-3-1-4-9-17)16-23-24-21(26)18-10-7-11-20(15-18)29(27,28)25-12-5-2-6-13-25/h1,3-4,7-11,14-16H,2,5-6,12-13H2,(H,24,26)/b19-14+,23-16?. The topological polar surface area (TPSA) is 78.8 Å². The van der Waals surface area contributed by atoms with Gasteiger partial charge in [-0.25, -0.2) is 13.8 Å². The van der Waals surface area contributed by atoms with Gasteiger partial charge in [-0.3, -0.25) is 4.79 Å². The van der Waals surface area contributed by atoms with Gasteiger partial charge in [-0.1, -0.05) is 54.4 Å². The molecular weight excluding hydrogens is 410 g/mol. The van der Waals surface area contributed by atoms with E-state index in [1.165, 1.54) is 22.7 Å². The Kier molecular flexibility index (Phi) is 7.19. The zero-order valence-corrected chi connectivity index (χ0v) is 17.4. The van der Waals surface area contributed by atoms with Crippen molar-refractivity contribution in [3.05, 3.63) is 70.8 Å². The van der Waals surface area contributed by atoms with Crippen LogP contribution in [0.2, 0.25) is 0 Å². The average molecular weight is 432 g/mol. The van der Waals surface area contributed by atoms with Crippen LogP contribution in [0, 0.1) is 0 Å². The summed E-state index contributed by atoms with van der Waals surface area (Å²) in [6.07, 6.45) is 5.77. The first-order valence-corrected chi connectivity index (χ1v) is 11.1. The monoisotopic (exact) mass is 431 g/mol. The highest BCUT2D eigenvalue weighted by Gasteiger charge is 2.26. The Labute approximate surface area is 175 Å². The molecule has 8 heteroatoms. The van der Waals surface area contributed by atoms with Crippen molar-refractivity contribution in [2.45, 2.75) is 24.2 Å². The van der Waals surface area contributed by atoms with Crippen LogP contribution in [0.15, 0.2) is 69.6 Å². The molecule has 6 nitrogen and oxygen atoms in total. The number of carbonyl (C=O) groups excluding carboxylic acids is 1. The Bertz CT molecular complexity index is 1010. The Balaban J connectivity index is 1.67. The molecule has 1 amide bonds. The Morgan fingerprint density at radius 3 is 2.48 bits per heavy atom. The Hall–Kier alpha value is -2.48. The molecule has 0 bridgehead atoms. The number of amides is 1. The summed E-state index contributed by atoms with van der Waals surface area (Å²) in [5.74, 6) is -0.513. The van der Waals surface area contributed by atoms with Gasteiger partial charge in [0, 0.05) is 18.7 Å². The van der Waals surface area contributed by atoms with Gasteiger partial charge in [0.15, 0.2) is 0 Å². The molecule has 1 aliphatic heterocycles. The lowest BCUT2D eigenvalue weighted by Gasteiger charge is -2.25. The first kappa shape index (κ1) is 21.2. The van der Waals surface area contributed by atoms with E-state index >= 15 is 0 Å². The first-order valence-electron chi connectivity index (χ1n) is 9.33. The summed E-state index contributed by atoms with van der Waals surface area (Å²) in [5, 5.41) is 4.19. The Morgan fingerprint density at radius 1 is 1.03 bits per heavy atom. The molecule has 1 fully saturated rings. The van der Waals surface area contributed by atoms with Gasteiger partial charge in [-0.2, -0.15) is 9.41 Å². The van der Waals surface area contributed by atoms with E-state index in [0.29, 0.717) is 18.1 Å². The van der Waals surface area contributed by atoms with Crippen molar-refractivity contribution in [3.8, 4) is 0 Å². The fraction of sp³-hybridized carbons (Fsp3) is 0.238. The van der Waals surface area contributed by atoms with Gasteiger partial charge >= 0.3 is 0 Å². The fourth-order valence-electron chi connectivity index (χ4n) is 3.01. The van der Waals surface area contributed by atoms with Crippen molar-refractivity contribution in [1.29, 1.82) is 0 Å². The summed E-state index contributed by atoms with van der Waals surface area (Å²) < 4.78 is 27.0. The summed E-state index contributed by atoms with van der Waals surface area (Å²) in [4.78, 5) is 12.5. The van der Waals surface area contributed by atoms with Crippen molar-refractivity contribution in [2.75, 3.05) is 13.1 Å². The number of halogens is 1. The van der Waals surface area contributed by atoms with Gasteiger partial charge in [0.05, 0.1) is 16.1 Å². The van der Waals surface area contributed by atoms with Crippen molar-refractivity contribution < 1.29 is 13.2 Å². The normalized spacial score (nSPS) is 16.1. The van der Waals surface area contributed by atoms with Crippen LogP contribution in [0.25, 0.3) is 6.08 Å². The van der Waals surface area contributed by atoms with E-state index in [-0.39, 0.29) is 10.5 Å². The van der Waals surface area contributed by atoms with Gasteiger partial charge in [-0.05, 0) is 42.7 Å². The lowest BCUT2D eigenvalue weighted by Crippen LogP contribution is -2.35. The number of sulfonamides is 1. The van der Waals surface area contributed by atoms with Crippen LogP contribution in [0.1, 0.15) is 35.2 Å². The third kappa shape index (κ3) is 5.76. The van der Waals surface area contributed by atoms with E-state index in [1.807, 2.05) is 30.3 Å². The number of hydrogen-bond acceptors (Lipinski definition) is 4. The second-order valence-corrected chi connectivity index (χ2v) is 9.01. The number of nitrogens with one attached hydrogen (secondary N) is 1. The zero-order chi connectivity index (χ0) is 20.7. The number of hydrazone groups is 1. The molecule has 2 aromatic rings. The minimum Gasteiger partial charge on any atom is -0.267 e. The molecule has 1 saturated heterocycles. The molecular formula is C21H22ClN3O3S. The molecule has 0 unspecified atom stereocenters. The summed E-state index contributed by atoms with van der Waals surface area (Å²) in [6.45, 7) is 1.02. The van der Waals surface area contributed by atoms with Crippen LogP contribution in [0.3, 0.4) is 0 Å². The lowest BCUT2D eigenvalue weighted by atomic mass is 10.2. The molecule has 0 aliphatic carbocycles. The van der Waals surface area contributed by atoms with Crippen LogP contribution in [0.4, 0.5) is 0 Å². The van der Waals surface area contributed by atoms with Crippen molar-refractivity contribution >= 4 is 39.8 Å². The van der Waals surface area contributed by atoms with Gasteiger partial charge < -0.3 is 0 Å². The molecule has 29 heavy (non-hydrogen) atoms. The number of nitrogens with zero attached hydrogens (tertiary/aromatic N) is 2. The van der Waals surface area contributed by atoms with Crippen molar-refractivity contribution in [1.82, 2.24) is 9.73 Å². The molecule has 0 saturated carbocycles. The summed E-state index contributed by atoms with van der Waals surface area (Å²) in [5.41, 5.74) is 3.49. The highest BCUT2D eigenvalue weighted by atomic mass is 35.5. The maximum Gasteiger partial charge on any atom is 0.271 e. The second-order valence-electron chi connectivity index (χ2n) is 6.63. The Morgan fingerprint density at radius 2 is 1.76 bits per heavy atom. The summed E-state index contributed by atoms with van der Waals surface area (Å²) in [7, 11) is -3.60. The molecule has 3 rings (SSSR count). The third-order valence-corrected chi connectivity index (χ3v) is 6.61. The van der Waals surface area contributed by atoms with E-state index in [2.05, 4.69) is 10.5 Å². The zero-order valence-electron chi connectivity index (χ0n) is 15.8. The number of hydrogen-bond donors (Lipinski definition) is 1.